The number of nitrogens with one attached hydrogen (secondary N) is 2. The van der Waals surface area contributed by atoms with Crippen LogP contribution in [0.25, 0.3) is 10.9 Å². The van der Waals surface area contributed by atoms with Gasteiger partial charge in [0.15, 0.2) is 5.82 Å². The number of amides is 1. The molecule has 2 N–H and O–H groups in total. The minimum absolute atomic E-state index is 0.0193. The monoisotopic (exact) mass is 535 g/mol. The number of carbonyl (C=O) groups is 1. The Labute approximate surface area is 233 Å². The second-order valence-corrected chi connectivity index (χ2v) is 12.0. The number of hydrogen-bond acceptors (Lipinski definition) is 6. The molecule has 1 fully saturated rings. The van der Waals surface area contributed by atoms with E-state index in [1.54, 1.807) is 0 Å². The first-order chi connectivity index (χ1) is 18.5. The lowest BCUT2D eigenvalue weighted by Crippen LogP contribution is -2.49. The van der Waals surface area contributed by atoms with Crippen molar-refractivity contribution >= 4 is 28.3 Å². The number of rotatable bonds is 11. The average Bonchev–Trinajstić information content (AvgIpc) is 3.31. The minimum Gasteiger partial charge on any atom is -0.488 e. The summed E-state index contributed by atoms with van der Waals surface area (Å²) in [6, 6.07) is 12.2. The van der Waals surface area contributed by atoms with Crippen molar-refractivity contribution < 1.29 is 14.3 Å². The van der Waals surface area contributed by atoms with Gasteiger partial charge < -0.3 is 29.6 Å². The molecule has 212 valence electrons. The normalized spacial score (nSPS) is 14.8. The van der Waals surface area contributed by atoms with Gasteiger partial charge in [0.1, 0.15) is 17.0 Å². The van der Waals surface area contributed by atoms with Crippen molar-refractivity contribution in [3.63, 3.8) is 0 Å². The number of hydrogen-bond donors (Lipinski definition) is 2. The SMILES string of the molecule is CCC(C)(C)OCCC(C)(C)Oc1ccc2[nH]c(C(=O)N3CCN(c4ncccc4NC(C)C)CC3)cc2c1. The van der Waals surface area contributed by atoms with E-state index in [1.807, 2.05) is 41.4 Å². The maximum Gasteiger partial charge on any atom is 0.270 e. The van der Waals surface area contributed by atoms with Crippen LogP contribution >= 0.6 is 0 Å². The van der Waals surface area contributed by atoms with Crippen molar-refractivity contribution in [2.75, 3.05) is 43.0 Å². The molecule has 8 nitrogen and oxygen atoms in total. The lowest BCUT2D eigenvalue weighted by atomic mass is 10.0. The van der Waals surface area contributed by atoms with Crippen LogP contribution in [0.3, 0.4) is 0 Å². The fourth-order valence-corrected chi connectivity index (χ4v) is 4.70. The first kappa shape index (κ1) is 28.7. The molecular formula is C31H45N5O3. The van der Waals surface area contributed by atoms with Crippen LogP contribution in [0.4, 0.5) is 11.5 Å². The fourth-order valence-electron chi connectivity index (χ4n) is 4.70. The van der Waals surface area contributed by atoms with Gasteiger partial charge in [-0.1, -0.05) is 6.92 Å². The summed E-state index contributed by atoms with van der Waals surface area (Å²) in [7, 11) is 0. The molecule has 8 heteroatoms. The van der Waals surface area contributed by atoms with Crippen molar-refractivity contribution in [3.8, 4) is 5.75 Å². The van der Waals surface area contributed by atoms with E-state index in [0.717, 1.165) is 54.1 Å². The number of fused-ring (bicyclic) bond motifs is 1. The van der Waals surface area contributed by atoms with Gasteiger partial charge in [0.05, 0.1) is 17.9 Å². The van der Waals surface area contributed by atoms with Crippen LogP contribution in [0.1, 0.15) is 71.8 Å². The van der Waals surface area contributed by atoms with Crippen LogP contribution in [-0.4, -0.2) is 70.8 Å². The Bertz CT molecular complexity index is 1260. The molecular weight excluding hydrogens is 490 g/mol. The largest absolute Gasteiger partial charge is 0.488 e. The number of aromatic amines is 1. The highest BCUT2D eigenvalue weighted by Gasteiger charge is 2.26. The van der Waals surface area contributed by atoms with Crippen molar-refractivity contribution in [3.05, 3.63) is 48.3 Å². The van der Waals surface area contributed by atoms with Crippen LogP contribution in [-0.2, 0) is 4.74 Å². The third-order valence-corrected chi connectivity index (χ3v) is 7.36. The summed E-state index contributed by atoms with van der Waals surface area (Å²) in [4.78, 5) is 25.5. The number of nitrogens with zero attached hydrogens (tertiary/aromatic N) is 3. The van der Waals surface area contributed by atoms with E-state index < -0.39 is 0 Å². The zero-order valence-corrected chi connectivity index (χ0v) is 24.6. The molecule has 39 heavy (non-hydrogen) atoms. The van der Waals surface area contributed by atoms with Gasteiger partial charge >= 0.3 is 0 Å². The molecule has 4 rings (SSSR count). The smallest absolute Gasteiger partial charge is 0.270 e. The lowest BCUT2D eigenvalue weighted by molar-refractivity contribution is -0.0423. The van der Waals surface area contributed by atoms with Gasteiger partial charge in [0, 0.05) is 55.7 Å². The highest BCUT2D eigenvalue weighted by atomic mass is 16.5. The van der Waals surface area contributed by atoms with Crippen molar-refractivity contribution in [1.29, 1.82) is 0 Å². The highest BCUT2D eigenvalue weighted by molar-refractivity contribution is 5.98. The van der Waals surface area contributed by atoms with Crippen LogP contribution in [0, 0.1) is 0 Å². The quantitative estimate of drug-likeness (QED) is 0.309. The number of aromatic nitrogens is 2. The minimum atomic E-state index is -0.371. The Morgan fingerprint density at radius 2 is 1.82 bits per heavy atom. The van der Waals surface area contributed by atoms with E-state index in [2.05, 4.69) is 74.7 Å². The first-order valence-corrected chi connectivity index (χ1v) is 14.2. The van der Waals surface area contributed by atoms with E-state index in [9.17, 15) is 4.79 Å². The summed E-state index contributed by atoms with van der Waals surface area (Å²) in [5.74, 6) is 1.75. The van der Waals surface area contributed by atoms with Crippen LogP contribution in [0.15, 0.2) is 42.6 Å². The number of H-pyrrole nitrogens is 1. The van der Waals surface area contributed by atoms with E-state index in [4.69, 9.17) is 9.47 Å². The Morgan fingerprint density at radius 3 is 2.51 bits per heavy atom. The summed E-state index contributed by atoms with van der Waals surface area (Å²) < 4.78 is 12.4. The van der Waals surface area contributed by atoms with Crippen LogP contribution < -0.4 is 15.0 Å². The van der Waals surface area contributed by atoms with Gasteiger partial charge in [0.2, 0.25) is 0 Å². The van der Waals surface area contributed by atoms with Gasteiger partial charge in [-0.15, -0.1) is 0 Å². The number of pyridine rings is 1. The Kier molecular flexibility index (Phi) is 8.74. The lowest BCUT2D eigenvalue weighted by Gasteiger charge is -2.36. The van der Waals surface area contributed by atoms with Gasteiger partial charge in [-0.2, -0.15) is 0 Å². The molecule has 1 aromatic carbocycles. The predicted octanol–water partition coefficient (Wildman–Crippen LogP) is 6.10. The summed E-state index contributed by atoms with van der Waals surface area (Å²) in [6.45, 7) is 18.2. The second kappa shape index (κ2) is 11.9. The van der Waals surface area contributed by atoms with Crippen molar-refractivity contribution in [2.24, 2.45) is 0 Å². The number of anilines is 2. The molecule has 0 spiro atoms. The molecule has 0 aliphatic carbocycles. The Morgan fingerprint density at radius 1 is 1.08 bits per heavy atom. The molecule has 0 atom stereocenters. The van der Waals surface area contributed by atoms with Gasteiger partial charge in [-0.3, -0.25) is 4.79 Å². The van der Waals surface area contributed by atoms with E-state index >= 15 is 0 Å². The zero-order chi connectivity index (χ0) is 28.2. The molecule has 1 saturated heterocycles. The molecule has 1 aliphatic rings. The molecule has 1 aliphatic heterocycles. The molecule has 0 unspecified atom stereocenters. The highest BCUT2D eigenvalue weighted by Crippen LogP contribution is 2.28. The summed E-state index contributed by atoms with van der Waals surface area (Å²) in [5, 5.41) is 4.44. The predicted molar refractivity (Wildman–Crippen MR) is 159 cm³/mol. The van der Waals surface area contributed by atoms with Crippen molar-refractivity contribution in [1.82, 2.24) is 14.9 Å². The molecule has 2 aromatic heterocycles. The maximum atomic E-state index is 13.4. The van der Waals surface area contributed by atoms with Gasteiger partial charge in [-0.05, 0) is 84.4 Å². The summed E-state index contributed by atoms with van der Waals surface area (Å²) in [5.41, 5.74) is 2.06. The number of carbonyl (C=O) groups excluding carboxylic acids is 1. The topological polar surface area (TPSA) is 82.7 Å². The molecule has 0 radical (unpaired) electrons. The number of benzene rings is 1. The van der Waals surface area contributed by atoms with E-state index in [1.165, 1.54) is 0 Å². The van der Waals surface area contributed by atoms with Gasteiger partial charge in [-0.25, -0.2) is 4.98 Å². The standard InChI is InChI=1S/C31H45N5O3/c1-8-30(4,5)38-19-13-31(6,7)39-24-11-12-25-23(20-24)21-27(34-25)29(37)36-17-15-35(16-18-36)28-26(33-22(2)3)10-9-14-32-28/h9-12,14,20-22,33-34H,8,13,15-19H2,1-7H3. The second-order valence-electron chi connectivity index (χ2n) is 12.0. The van der Waals surface area contributed by atoms with E-state index in [0.29, 0.717) is 31.4 Å². The number of piperazine rings is 1. The van der Waals surface area contributed by atoms with Gasteiger partial charge in [0.25, 0.3) is 5.91 Å². The maximum absolute atomic E-state index is 13.4. The van der Waals surface area contributed by atoms with Crippen LogP contribution in [0.2, 0.25) is 0 Å². The Hall–Kier alpha value is -3.26. The zero-order valence-electron chi connectivity index (χ0n) is 24.6. The number of ether oxygens (including phenoxy) is 2. The fraction of sp³-hybridized carbons (Fsp3) is 0.548. The van der Waals surface area contributed by atoms with Crippen LogP contribution in [0.5, 0.6) is 5.75 Å². The molecule has 0 saturated carbocycles. The van der Waals surface area contributed by atoms with Crippen molar-refractivity contribution in [2.45, 2.75) is 78.6 Å². The first-order valence-electron chi connectivity index (χ1n) is 14.2. The third-order valence-electron chi connectivity index (χ3n) is 7.36. The summed E-state index contributed by atoms with van der Waals surface area (Å²) in [6.07, 6.45) is 3.57. The average molecular weight is 536 g/mol. The molecule has 0 bridgehead atoms. The molecule has 3 heterocycles. The third kappa shape index (κ3) is 7.44. The van der Waals surface area contributed by atoms with E-state index in [-0.39, 0.29) is 17.1 Å². The summed E-state index contributed by atoms with van der Waals surface area (Å²) >= 11 is 0. The molecule has 1 amide bonds. The Balaban J connectivity index is 1.37. The molecule has 3 aromatic rings.